The third kappa shape index (κ3) is 5.58. The van der Waals surface area contributed by atoms with E-state index in [1.165, 1.54) is 11.1 Å². The highest BCUT2D eigenvalue weighted by atomic mass is 16.5. The second-order valence-corrected chi connectivity index (χ2v) is 7.01. The van der Waals surface area contributed by atoms with Crippen LogP contribution in [-0.2, 0) is 13.0 Å². The SMILES string of the molecule is CCCCOc1cc(Cc2ccc(CN3CCNC(C)C3)cc2)n[nH]1. The van der Waals surface area contributed by atoms with Crippen LogP contribution < -0.4 is 10.1 Å². The molecule has 5 nitrogen and oxygen atoms in total. The molecule has 0 amide bonds. The Morgan fingerprint density at radius 1 is 1.24 bits per heavy atom. The average molecular weight is 342 g/mol. The van der Waals surface area contributed by atoms with Crippen molar-refractivity contribution in [2.24, 2.45) is 0 Å². The first-order valence-electron chi connectivity index (χ1n) is 9.43. The molecule has 2 N–H and O–H groups in total. The van der Waals surface area contributed by atoms with Crippen molar-refractivity contribution in [3.05, 3.63) is 47.2 Å². The summed E-state index contributed by atoms with van der Waals surface area (Å²) in [5.41, 5.74) is 3.68. The number of H-pyrrole nitrogens is 1. The molecule has 3 rings (SSSR count). The Labute approximate surface area is 150 Å². The molecule has 0 spiro atoms. The zero-order valence-electron chi connectivity index (χ0n) is 15.4. The van der Waals surface area contributed by atoms with Crippen LogP contribution >= 0.6 is 0 Å². The lowest BCUT2D eigenvalue weighted by molar-refractivity contribution is 0.199. The summed E-state index contributed by atoms with van der Waals surface area (Å²) in [7, 11) is 0. The average Bonchev–Trinajstić information content (AvgIpc) is 3.04. The molecule has 1 aliphatic rings. The third-order valence-corrected chi connectivity index (χ3v) is 4.63. The fourth-order valence-corrected chi connectivity index (χ4v) is 3.22. The number of piperazine rings is 1. The fraction of sp³-hybridized carbons (Fsp3) is 0.550. The van der Waals surface area contributed by atoms with Crippen molar-refractivity contribution >= 4 is 0 Å². The van der Waals surface area contributed by atoms with Crippen molar-refractivity contribution in [1.82, 2.24) is 20.4 Å². The number of nitrogens with zero attached hydrogens (tertiary/aromatic N) is 2. The van der Waals surface area contributed by atoms with Crippen LogP contribution in [-0.4, -0.2) is 47.4 Å². The number of rotatable bonds is 8. The van der Waals surface area contributed by atoms with E-state index in [2.05, 4.69) is 58.5 Å². The standard InChI is InChI=1S/C20H30N4O/c1-3-4-11-25-20-13-19(22-23-20)12-17-5-7-18(8-6-17)15-24-10-9-21-16(2)14-24/h5-8,13,16,21H,3-4,9-12,14-15H2,1-2H3,(H,22,23). The van der Waals surface area contributed by atoms with E-state index in [0.29, 0.717) is 6.04 Å². The van der Waals surface area contributed by atoms with Gasteiger partial charge in [-0.15, -0.1) is 0 Å². The molecule has 0 radical (unpaired) electrons. The van der Waals surface area contributed by atoms with Crippen LogP contribution in [0.2, 0.25) is 0 Å². The van der Waals surface area contributed by atoms with Crippen molar-refractivity contribution in [3.63, 3.8) is 0 Å². The fourth-order valence-electron chi connectivity index (χ4n) is 3.22. The number of benzene rings is 1. The molecule has 1 saturated heterocycles. The summed E-state index contributed by atoms with van der Waals surface area (Å²) >= 11 is 0. The first kappa shape index (κ1) is 18.0. The lowest BCUT2D eigenvalue weighted by Gasteiger charge is -2.31. The predicted octanol–water partition coefficient (Wildman–Crippen LogP) is 2.97. The van der Waals surface area contributed by atoms with Crippen LogP contribution in [0.5, 0.6) is 5.88 Å². The van der Waals surface area contributed by atoms with E-state index >= 15 is 0 Å². The maximum absolute atomic E-state index is 5.65. The lowest BCUT2D eigenvalue weighted by atomic mass is 10.1. The molecule has 1 unspecified atom stereocenters. The first-order valence-corrected chi connectivity index (χ1v) is 9.43. The van der Waals surface area contributed by atoms with Gasteiger partial charge in [-0.3, -0.25) is 4.90 Å². The second-order valence-electron chi connectivity index (χ2n) is 7.01. The highest BCUT2D eigenvalue weighted by Gasteiger charge is 2.15. The van der Waals surface area contributed by atoms with Gasteiger partial charge in [-0.05, 0) is 24.5 Å². The predicted molar refractivity (Wildman–Crippen MR) is 101 cm³/mol. The summed E-state index contributed by atoms with van der Waals surface area (Å²) in [6.07, 6.45) is 3.04. The molecule has 0 aliphatic carbocycles. The van der Waals surface area contributed by atoms with Gasteiger partial charge in [0.2, 0.25) is 5.88 Å². The Balaban J connectivity index is 1.50. The number of hydrogen-bond acceptors (Lipinski definition) is 4. The van der Waals surface area contributed by atoms with Gasteiger partial charge in [0.05, 0.1) is 12.3 Å². The highest BCUT2D eigenvalue weighted by molar-refractivity contribution is 5.27. The van der Waals surface area contributed by atoms with Gasteiger partial charge >= 0.3 is 0 Å². The van der Waals surface area contributed by atoms with E-state index in [9.17, 15) is 0 Å². The van der Waals surface area contributed by atoms with Gasteiger partial charge in [-0.25, -0.2) is 5.10 Å². The van der Waals surface area contributed by atoms with Crippen LogP contribution in [0.1, 0.15) is 43.5 Å². The van der Waals surface area contributed by atoms with E-state index in [0.717, 1.165) is 63.6 Å². The molecule has 2 aromatic rings. The van der Waals surface area contributed by atoms with E-state index in [-0.39, 0.29) is 0 Å². The maximum Gasteiger partial charge on any atom is 0.209 e. The largest absolute Gasteiger partial charge is 0.478 e. The zero-order chi connectivity index (χ0) is 17.5. The number of aromatic nitrogens is 2. The Bertz CT molecular complexity index is 637. The minimum atomic E-state index is 0.585. The van der Waals surface area contributed by atoms with Crippen molar-refractivity contribution in [2.45, 2.75) is 45.7 Å². The second kappa shape index (κ2) is 9.02. The molecule has 5 heteroatoms. The normalized spacial score (nSPS) is 18.4. The van der Waals surface area contributed by atoms with Crippen molar-refractivity contribution in [2.75, 3.05) is 26.2 Å². The highest BCUT2D eigenvalue weighted by Crippen LogP contribution is 2.15. The molecular weight excluding hydrogens is 312 g/mol. The number of aromatic amines is 1. The molecule has 1 aromatic heterocycles. The van der Waals surface area contributed by atoms with Crippen LogP contribution in [0.15, 0.2) is 30.3 Å². The molecule has 0 bridgehead atoms. The van der Waals surface area contributed by atoms with Crippen LogP contribution in [0.25, 0.3) is 0 Å². The number of unbranched alkanes of at least 4 members (excludes halogenated alkanes) is 1. The van der Waals surface area contributed by atoms with Gasteiger partial charge < -0.3 is 10.1 Å². The van der Waals surface area contributed by atoms with Crippen LogP contribution in [0.4, 0.5) is 0 Å². The number of nitrogens with one attached hydrogen (secondary N) is 2. The van der Waals surface area contributed by atoms with Gasteiger partial charge in [0.15, 0.2) is 0 Å². The van der Waals surface area contributed by atoms with Gasteiger partial charge in [0.1, 0.15) is 0 Å². The van der Waals surface area contributed by atoms with Gasteiger partial charge in [0, 0.05) is 44.7 Å². The Morgan fingerprint density at radius 2 is 2.04 bits per heavy atom. The Kier molecular flexibility index (Phi) is 6.48. The summed E-state index contributed by atoms with van der Waals surface area (Å²) < 4.78 is 5.65. The smallest absolute Gasteiger partial charge is 0.209 e. The minimum Gasteiger partial charge on any atom is -0.478 e. The molecule has 1 atom stereocenters. The van der Waals surface area contributed by atoms with Crippen LogP contribution in [0.3, 0.4) is 0 Å². The summed E-state index contributed by atoms with van der Waals surface area (Å²) in [5.74, 6) is 0.771. The quantitative estimate of drug-likeness (QED) is 0.724. The van der Waals surface area contributed by atoms with Crippen molar-refractivity contribution in [1.29, 1.82) is 0 Å². The zero-order valence-corrected chi connectivity index (χ0v) is 15.4. The van der Waals surface area contributed by atoms with E-state index < -0.39 is 0 Å². The first-order chi connectivity index (χ1) is 12.2. The minimum absolute atomic E-state index is 0.585. The molecule has 136 valence electrons. The van der Waals surface area contributed by atoms with E-state index in [4.69, 9.17) is 4.74 Å². The third-order valence-electron chi connectivity index (χ3n) is 4.63. The molecular formula is C20H30N4O. The van der Waals surface area contributed by atoms with Gasteiger partial charge in [-0.1, -0.05) is 37.6 Å². The maximum atomic E-state index is 5.65. The van der Waals surface area contributed by atoms with E-state index in [1.807, 2.05) is 6.07 Å². The summed E-state index contributed by atoms with van der Waals surface area (Å²) in [6.45, 7) is 9.52. The molecule has 2 heterocycles. The molecule has 0 saturated carbocycles. The van der Waals surface area contributed by atoms with Crippen molar-refractivity contribution in [3.8, 4) is 5.88 Å². The topological polar surface area (TPSA) is 53.2 Å². The molecule has 1 aromatic carbocycles. The Hall–Kier alpha value is -1.85. The monoisotopic (exact) mass is 342 g/mol. The Morgan fingerprint density at radius 3 is 2.80 bits per heavy atom. The number of ether oxygens (including phenoxy) is 1. The lowest BCUT2D eigenvalue weighted by Crippen LogP contribution is -2.48. The summed E-state index contributed by atoms with van der Waals surface area (Å²) in [6, 6.07) is 11.5. The summed E-state index contributed by atoms with van der Waals surface area (Å²) in [4.78, 5) is 2.52. The van der Waals surface area contributed by atoms with E-state index in [1.54, 1.807) is 0 Å². The molecule has 1 fully saturated rings. The van der Waals surface area contributed by atoms with Gasteiger partial charge in [0.25, 0.3) is 0 Å². The van der Waals surface area contributed by atoms with Crippen molar-refractivity contribution < 1.29 is 4.74 Å². The molecule has 1 aliphatic heterocycles. The summed E-state index contributed by atoms with van der Waals surface area (Å²) in [5, 5.41) is 10.8. The molecule has 25 heavy (non-hydrogen) atoms. The van der Waals surface area contributed by atoms with Crippen LogP contribution in [0, 0.1) is 0 Å². The number of hydrogen-bond donors (Lipinski definition) is 2. The van der Waals surface area contributed by atoms with Gasteiger partial charge in [-0.2, -0.15) is 5.10 Å².